The monoisotopic (exact) mass is 364 g/mol. The Bertz CT molecular complexity index is 779. The zero-order valence-corrected chi connectivity index (χ0v) is 14.1. The maximum absolute atomic E-state index is 5.47. The molecule has 0 unspecified atom stereocenters. The van der Waals surface area contributed by atoms with Crippen LogP contribution < -0.4 is 0 Å². The average Bonchev–Trinajstić information content (AvgIpc) is 3.11. The van der Waals surface area contributed by atoms with Gasteiger partial charge < -0.3 is 13.9 Å². The Labute approximate surface area is 137 Å². The predicted octanol–water partition coefficient (Wildman–Crippen LogP) is 3.85. The topological polar surface area (TPSA) is 49.4 Å². The molecule has 0 fully saturated rings. The molecule has 0 saturated heterocycles. The van der Waals surface area contributed by atoms with Gasteiger partial charge in [0.1, 0.15) is 28.4 Å². The van der Waals surface area contributed by atoms with Crippen molar-refractivity contribution >= 4 is 26.9 Å². The van der Waals surface area contributed by atoms with Crippen molar-refractivity contribution in [1.82, 2.24) is 9.55 Å². The van der Waals surface area contributed by atoms with E-state index in [4.69, 9.17) is 18.9 Å². The molecule has 3 aromatic rings. The van der Waals surface area contributed by atoms with Gasteiger partial charge in [-0.3, -0.25) is 4.57 Å². The molecular weight excluding hydrogens is 348 g/mol. The molecule has 5 nitrogen and oxygen atoms in total. The predicted molar refractivity (Wildman–Crippen MR) is 87.7 cm³/mol. The fourth-order valence-electron chi connectivity index (χ4n) is 2.41. The number of imidazole rings is 1. The number of benzene rings is 1. The van der Waals surface area contributed by atoms with Gasteiger partial charge in [0.15, 0.2) is 0 Å². The Morgan fingerprint density at radius 2 is 2.09 bits per heavy atom. The van der Waals surface area contributed by atoms with E-state index in [0.29, 0.717) is 13.3 Å². The number of ether oxygens (including phenoxy) is 2. The lowest BCUT2D eigenvalue weighted by Crippen LogP contribution is -2.08. The van der Waals surface area contributed by atoms with Crippen molar-refractivity contribution < 1.29 is 13.9 Å². The normalized spacial score (nSPS) is 11.4. The molecule has 0 radical (unpaired) electrons. The first-order chi connectivity index (χ1) is 10.7. The van der Waals surface area contributed by atoms with Crippen molar-refractivity contribution in [1.29, 1.82) is 0 Å². The first-order valence-corrected chi connectivity index (χ1v) is 7.74. The highest BCUT2D eigenvalue weighted by molar-refractivity contribution is 9.10. The molecule has 0 aliphatic carbocycles. The van der Waals surface area contributed by atoms with Crippen molar-refractivity contribution in [2.75, 3.05) is 20.8 Å². The van der Waals surface area contributed by atoms with E-state index in [1.807, 2.05) is 28.8 Å². The summed E-state index contributed by atoms with van der Waals surface area (Å²) in [6.45, 7) is 1.06. The minimum absolute atomic E-state index is 0.440. The van der Waals surface area contributed by atoms with Crippen molar-refractivity contribution in [2.24, 2.45) is 0 Å². The number of furan rings is 1. The van der Waals surface area contributed by atoms with E-state index in [1.54, 1.807) is 20.5 Å². The standard InChI is InChI=1S/C16H17BrN2O3/c1-20-7-6-14-18-15(16(17)19(14)10-21-2)12-4-3-11-5-8-22-13(11)9-12/h3-5,8-9H,6-7,10H2,1-2H3. The molecule has 0 bridgehead atoms. The van der Waals surface area contributed by atoms with Gasteiger partial charge in [0.2, 0.25) is 0 Å². The number of nitrogens with zero attached hydrogens (tertiary/aromatic N) is 2. The number of hydrogen-bond donors (Lipinski definition) is 0. The molecule has 2 heterocycles. The minimum atomic E-state index is 0.440. The first-order valence-electron chi connectivity index (χ1n) is 6.95. The lowest BCUT2D eigenvalue weighted by atomic mass is 10.1. The number of rotatable bonds is 6. The van der Waals surface area contributed by atoms with Crippen LogP contribution >= 0.6 is 15.9 Å². The molecule has 0 spiro atoms. The van der Waals surface area contributed by atoms with Crippen molar-refractivity contribution in [3.63, 3.8) is 0 Å². The van der Waals surface area contributed by atoms with Crippen molar-refractivity contribution in [2.45, 2.75) is 13.2 Å². The van der Waals surface area contributed by atoms with E-state index >= 15 is 0 Å². The Balaban J connectivity index is 2.04. The van der Waals surface area contributed by atoms with Crippen molar-refractivity contribution in [3.05, 3.63) is 41.0 Å². The molecule has 0 saturated carbocycles. The molecule has 0 amide bonds. The average molecular weight is 365 g/mol. The summed E-state index contributed by atoms with van der Waals surface area (Å²) in [6.07, 6.45) is 2.42. The Kier molecular flexibility index (Phi) is 4.61. The van der Waals surface area contributed by atoms with Crippen LogP contribution in [0.25, 0.3) is 22.2 Å². The van der Waals surface area contributed by atoms with Crippen LogP contribution in [0.3, 0.4) is 0 Å². The molecule has 3 rings (SSSR count). The third kappa shape index (κ3) is 2.82. The Morgan fingerprint density at radius 1 is 1.23 bits per heavy atom. The quantitative estimate of drug-likeness (QED) is 0.666. The number of methoxy groups -OCH3 is 2. The van der Waals surface area contributed by atoms with E-state index in [-0.39, 0.29) is 0 Å². The van der Waals surface area contributed by atoms with E-state index in [0.717, 1.165) is 39.1 Å². The molecule has 0 aliphatic heterocycles. The summed E-state index contributed by atoms with van der Waals surface area (Å²) in [6, 6.07) is 8.02. The summed E-state index contributed by atoms with van der Waals surface area (Å²) in [5.74, 6) is 0.921. The molecule has 0 N–H and O–H groups in total. The maximum Gasteiger partial charge on any atom is 0.134 e. The second-order valence-corrected chi connectivity index (χ2v) is 5.68. The van der Waals surface area contributed by atoms with Gasteiger partial charge in [-0.1, -0.05) is 12.1 Å². The van der Waals surface area contributed by atoms with Crippen LogP contribution in [0.5, 0.6) is 0 Å². The second kappa shape index (κ2) is 6.64. The molecule has 1 aromatic carbocycles. The highest BCUT2D eigenvalue weighted by Crippen LogP contribution is 2.31. The van der Waals surface area contributed by atoms with Crippen LogP contribution in [0.4, 0.5) is 0 Å². The summed E-state index contributed by atoms with van der Waals surface area (Å²) < 4.78 is 18.8. The maximum atomic E-state index is 5.47. The highest BCUT2D eigenvalue weighted by atomic mass is 79.9. The second-order valence-electron chi connectivity index (χ2n) is 4.93. The highest BCUT2D eigenvalue weighted by Gasteiger charge is 2.17. The molecule has 116 valence electrons. The van der Waals surface area contributed by atoms with Crippen LogP contribution in [0.2, 0.25) is 0 Å². The fourth-order valence-corrected chi connectivity index (χ4v) is 3.03. The fraction of sp³-hybridized carbons (Fsp3) is 0.312. The van der Waals surface area contributed by atoms with Crippen molar-refractivity contribution in [3.8, 4) is 11.3 Å². The molecule has 0 atom stereocenters. The molecular formula is C16H17BrN2O3. The van der Waals surface area contributed by atoms with E-state index in [9.17, 15) is 0 Å². The van der Waals surface area contributed by atoms with Gasteiger partial charge in [0.05, 0.1) is 12.9 Å². The summed E-state index contributed by atoms with van der Waals surface area (Å²) in [7, 11) is 3.35. The number of fused-ring (bicyclic) bond motifs is 1. The van der Waals surface area contributed by atoms with Gasteiger partial charge in [-0.05, 0) is 28.1 Å². The third-order valence-electron chi connectivity index (χ3n) is 3.50. The van der Waals surface area contributed by atoms with Gasteiger partial charge in [0.25, 0.3) is 0 Å². The zero-order chi connectivity index (χ0) is 15.5. The van der Waals surface area contributed by atoms with Gasteiger partial charge in [0, 0.05) is 31.6 Å². The molecule has 2 aromatic heterocycles. The molecule has 0 aliphatic rings. The lowest BCUT2D eigenvalue weighted by molar-refractivity contribution is 0.124. The van der Waals surface area contributed by atoms with Crippen LogP contribution in [-0.4, -0.2) is 30.4 Å². The lowest BCUT2D eigenvalue weighted by Gasteiger charge is -2.07. The Hall–Kier alpha value is -1.63. The smallest absolute Gasteiger partial charge is 0.134 e. The molecule has 22 heavy (non-hydrogen) atoms. The largest absolute Gasteiger partial charge is 0.464 e. The minimum Gasteiger partial charge on any atom is -0.464 e. The summed E-state index contributed by atoms with van der Waals surface area (Å²) in [5, 5.41) is 1.08. The summed E-state index contributed by atoms with van der Waals surface area (Å²) >= 11 is 3.64. The summed E-state index contributed by atoms with van der Waals surface area (Å²) in [4.78, 5) is 4.74. The first kappa shape index (κ1) is 15.3. The number of hydrogen-bond acceptors (Lipinski definition) is 4. The summed E-state index contributed by atoms with van der Waals surface area (Å²) in [5.41, 5.74) is 2.73. The number of halogens is 1. The molecule has 6 heteroatoms. The van der Waals surface area contributed by atoms with E-state index in [2.05, 4.69) is 15.9 Å². The van der Waals surface area contributed by atoms with Crippen LogP contribution in [0.1, 0.15) is 5.82 Å². The van der Waals surface area contributed by atoms with E-state index < -0.39 is 0 Å². The van der Waals surface area contributed by atoms with Gasteiger partial charge in [-0.15, -0.1) is 0 Å². The van der Waals surface area contributed by atoms with Crippen LogP contribution in [0, 0.1) is 0 Å². The van der Waals surface area contributed by atoms with Gasteiger partial charge in [-0.2, -0.15) is 0 Å². The van der Waals surface area contributed by atoms with Crippen LogP contribution in [0.15, 0.2) is 39.5 Å². The van der Waals surface area contributed by atoms with Gasteiger partial charge in [-0.25, -0.2) is 4.98 Å². The Morgan fingerprint density at radius 3 is 2.86 bits per heavy atom. The van der Waals surface area contributed by atoms with Gasteiger partial charge >= 0.3 is 0 Å². The van der Waals surface area contributed by atoms with E-state index in [1.165, 1.54) is 0 Å². The zero-order valence-electron chi connectivity index (χ0n) is 12.5. The number of aromatic nitrogens is 2. The van der Waals surface area contributed by atoms with Crippen LogP contribution in [-0.2, 0) is 22.6 Å². The SMILES string of the molecule is COCCc1nc(-c2ccc3ccoc3c2)c(Br)n1COC. The third-order valence-corrected chi connectivity index (χ3v) is 4.31.